The Balaban J connectivity index is 1.84. The van der Waals surface area contributed by atoms with Crippen LogP contribution in [0.25, 0.3) is 16.6 Å². The molecule has 9 heteroatoms. The molecule has 2 heterocycles. The van der Waals surface area contributed by atoms with Gasteiger partial charge in [0.05, 0.1) is 28.4 Å². The van der Waals surface area contributed by atoms with Crippen LogP contribution in [0, 0.1) is 13.8 Å². The van der Waals surface area contributed by atoms with Gasteiger partial charge in [-0.05, 0) is 56.7 Å². The van der Waals surface area contributed by atoms with Gasteiger partial charge < -0.3 is 4.57 Å². The van der Waals surface area contributed by atoms with Crippen LogP contribution in [0.2, 0.25) is 0 Å². The largest absolute Gasteiger partial charge is 0.418 e. The van der Waals surface area contributed by atoms with Gasteiger partial charge in [-0.25, -0.2) is 4.98 Å². The molecular formula is C25H22BrF3N4O. The van der Waals surface area contributed by atoms with E-state index in [9.17, 15) is 18.0 Å². The molecule has 0 unspecified atom stereocenters. The Labute approximate surface area is 202 Å². The van der Waals surface area contributed by atoms with E-state index < -0.39 is 11.7 Å². The maximum absolute atomic E-state index is 13.6. The summed E-state index contributed by atoms with van der Waals surface area (Å²) in [5.74, 6) is 0.523. The van der Waals surface area contributed by atoms with E-state index in [1.54, 1.807) is 42.7 Å². The zero-order valence-corrected chi connectivity index (χ0v) is 20.4. The minimum Gasteiger partial charge on any atom is -0.317 e. The first-order valence-corrected chi connectivity index (χ1v) is 11.5. The molecule has 0 saturated heterocycles. The van der Waals surface area contributed by atoms with Gasteiger partial charge in [0.2, 0.25) is 0 Å². The third-order valence-corrected chi connectivity index (χ3v) is 6.08. The molecule has 176 valence electrons. The molecule has 0 spiro atoms. The van der Waals surface area contributed by atoms with Crippen LogP contribution in [0.4, 0.5) is 13.2 Å². The van der Waals surface area contributed by atoms with E-state index in [1.807, 2.05) is 13.0 Å². The van der Waals surface area contributed by atoms with Crippen LogP contribution in [0.15, 0.2) is 62.9 Å². The highest BCUT2D eigenvalue weighted by Gasteiger charge is 2.34. The quantitative estimate of drug-likeness (QED) is 0.279. The summed E-state index contributed by atoms with van der Waals surface area (Å²) in [5.41, 5.74) is 1.43. The number of nitrogens with zero attached hydrogens (tertiary/aromatic N) is 4. The maximum atomic E-state index is 13.6. The molecule has 5 nitrogen and oxygen atoms in total. The van der Waals surface area contributed by atoms with E-state index in [0.717, 1.165) is 17.0 Å². The van der Waals surface area contributed by atoms with Crippen molar-refractivity contribution < 1.29 is 13.2 Å². The molecule has 0 saturated carbocycles. The van der Waals surface area contributed by atoms with Crippen LogP contribution in [0.1, 0.15) is 41.7 Å². The monoisotopic (exact) mass is 530 g/mol. The molecule has 0 atom stereocenters. The summed E-state index contributed by atoms with van der Waals surface area (Å²) >= 11 is 3.38. The maximum Gasteiger partial charge on any atom is 0.418 e. The Bertz CT molecular complexity index is 1470. The van der Waals surface area contributed by atoms with Crippen molar-refractivity contribution >= 4 is 33.0 Å². The second kappa shape index (κ2) is 9.21. The van der Waals surface area contributed by atoms with E-state index in [2.05, 4.69) is 26.0 Å². The number of hydrogen-bond donors (Lipinski definition) is 0. The zero-order valence-electron chi connectivity index (χ0n) is 18.8. The Hall–Kier alpha value is -3.20. The lowest BCUT2D eigenvalue weighted by atomic mass is 10.1. The molecule has 0 amide bonds. The number of aryl methyl sites for hydroxylation is 2. The van der Waals surface area contributed by atoms with Crippen molar-refractivity contribution in [3.63, 3.8) is 0 Å². The van der Waals surface area contributed by atoms with Gasteiger partial charge in [0.25, 0.3) is 5.56 Å². The average Bonchev–Trinajstić information content (AvgIpc) is 3.06. The second-order valence-electron chi connectivity index (χ2n) is 7.98. The van der Waals surface area contributed by atoms with E-state index in [4.69, 9.17) is 0 Å². The third-order valence-electron chi connectivity index (χ3n) is 5.58. The normalized spacial score (nSPS) is 12.2. The van der Waals surface area contributed by atoms with Gasteiger partial charge >= 0.3 is 6.18 Å². The van der Waals surface area contributed by atoms with Crippen molar-refractivity contribution in [1.29, 1.82) is 0 Å². The van der Waals surface area contributed by atoms with Crippen molar-refractivity contribution in [3.05, 3.63) is 91.7 Å². The number of benzene rings is 2. The van der Waals surface area contributed by atoms with Crippen LogP contribution in [0.3, 0.4) is 0 Å². The molecule has 2 aromatic heterocycles. The number of fused-ring (bicyclic) bond motifs is 1. The Kier molecular flexibility index (Phi) is 6.49. The second-order valence-corrected chi connectivity index (χ2v) is 8.89. The van der Waals surface area contributed by atoms with Gasteiger partial charge in [0, 0.05) is 27.8 Å². The molecule has 4 rings (SSSR count). The van der Waals surface area contributed by atoms with Crippen molar-refractivity contribution in [1.82, 2.24) is 14.2 Å². The molecule has 34 heavy (non-hydrogen) atoms. The van der Waals surface area contributed by atoms with Crippen molar-refractivity contribution in [2.24, 2.45) is 5.10 Å². The third kappa shape index (κ3) is 4.44. The number of hydrogen-bond acceptors (Lipinski definition) is 3. The van der Waals surface area contributed by atoms with Gasteiger partial charge in [-0.2, -0.15) is 22.9 Å². The summed E-state index contributed by atoms with van der Waals surface area (Å²) in [5, 5.41) is 4.85. The Morgan fingerprint density at radius 3 is 2.56 bits per heavy atom. The lowest BCUT2D eigenvalue weighted by Crippen LogP contribution is -2.22. The van der Waals surface area contributed by atoms with Crippen LogP contribution >= 0.6 is 15.9 Å². The van der Waals surface area contributed by atoms with Crippen LogP contribution in [-0.2, 0) is 12.6 Å². The highest BCUT2D eigenvalue weighted by atomic mass is 79.9. The average molecular weight is 531 g/mol. The first-order chi connectivity index (χ1) is 16.1. The zero-order chi connectivity index (χ0) is 24.6. The number of para-hydroxylation sites is 1. The van der Waals surface area contributed by atoms with E-state index in [-0.39, 0.29) is 11.2 Å². The van der Waals surface area contributed by atoms with Crippen LogP contribution in [0.5, 0.6) is 0 Å². The first-order valence-electron chi connectivity index (χ1n) is 10.7. The molecule has 0 aliphatic heterocycles. The molecule has 0 aliphatic rings. The van der Waals surface area contributed by atoms with Gasteiger partial charge in [-0.1, -0.05) is 35.0 Å². The Morgan fingerprint density at radius 1 is 1.12 bits per heavy atom. The predicted molar refractivity (Wildman–Crippen MR) is 131 cm³/mol. The minimum absolute atomic E-state index is 0.0470. The van der Waals surface area contributed by atoms with E-state index in [1.165, 1.54) is 23.0 Å². The molecule has 2 aromatic carbocycles. The topological polar surface area (TPSA) is 52.2 Å². The fourth-order valence-corrected chi connectivity index (χ4v) is 4.38. The van der Waals surface area contributed by atoms with Crippen LogP contribution in [-0.4, -0.2) is 20.4 Å². The summed E-state index contributed by atoms with van der Waals surface area (Å²) in [7, 11) is 0. The highest BCUT2D eigenvalue weighted by molar-refractivity contribution is 9.10. The SMILES string of the molecule is CCCc1nc2ccc(Br)cc2c(=O)n1N=Cc1cc(C)n(-c2ccccc2C(F)(F)F)c1C. The molecule has 0 bridgehead atoms. The van der Waals surface area contributed by atoms with E-state index >= 15 is 0 Å². The van der Waals surface area contributed by atoms with Crippen molar-refractivity contribution in [3.8, 4) is 5.69 Å². The highest BCUT2D eigenvalue weighted by Crippen LogP contribution is 2.35. The lowest BCUT2D eigenvalue weighted by molar-refractivity contribution is -0.137. The number of rotatable bonds is 5. The number of aromatic nitrogens is 3. The van der Waals surface area contributed by atoms with Gasteiger partial charge in [0.1, 0.15) is 5.82 Å². The molecule has 0 aliphatic carbocycles. The van der Waals surface area contributed by atoms with Gasteiger partial charge in [-0.3, -0.25) is 4.79 Å². The van der Waals surface area contributed by atoms with Crippen molar-refractivity contribution in [2.45, 2.75) is 39.8 Å². The standard InChI is InChI=1S/C25H22BrF3N4O/c1-4-7-23-31-21-11-10-18(26)13-19(21)24(34)33(23)30-14-17-12-15(2)32(16(17)3)22-9-6-5-8-20(22)25(27,28)29/h5-6,8-14H,4,7H2,1-3H3. The number of halogens is 4. The summed E-state index contributed by atoms with van der Waals surface area (Å²) in [4.78, 5) is 17.8. The summed E-state index contributed by atoms with van der Waals surface area (Å²) in [6, 6.07) is 12.5. The smallest absolute Gasteiger partial charge is 0.317 e. The molecule has 0 radical (unpaired) electrons. The van der Waals surface area contributed by atoms with Gasteiger partial charge in [-0.15, -0.1) is 0 Å². The fourth-order valence-electron chi connectivity index (χ4n) is 4.02. The minimum atomic E-state index is -4.48. The Morgan fingerprint density at radius 2 is 1.85 bits per heavy atom. The van der Waals surface area contributed by atoms with Crippen molar-refractivity contribution in [2.75, 3.05) is 0 Å². The predicted octanol–water partition coefficient (Wildman–Crippen LogP) is 6.42. The molecule has 4 aromatic rings. The summed E-state index contributed by atoms with van der Waals surface area (Å²) in [6.45, 7) is 5.45. The van der Waals surface area contributed by atoms with E-state index in [0.29, 0.717) is 40.1 Å². The number of alkyl halides is 3. The first kappa shape index (κ1) is 23.9. The molecule has 0 N–H and O–H groups in total. The van der Waals surface area contributed by atoms with Crippen LogP contribution < -0.4 is 5.56 Å². The summed E-state index contributed by atoms with van der Waals surface area (Å²) in [6.07, 6.45) is -1.66. The summed E-state index contributed by atoms with van der Waals surface area (Å²) < 4.78 is 44.4. The lowest BCUT2D eigenvalue weighted by Gasteiger charge is -2.16. The fraction of sp³-hybridized carbons (Fsp3) is 0.240. The molecule has 0 fully saturated rings. The van der Waals surface area contributed by atoms with Gasteiger partial charge in [0.15, 0.2) is 0 Å². The molecular weight excluding hydrogens is 509 g/mol.